The predicted molar refractivity (Wildman–Crippen MR) is 150 cm³/mol. The number of halogens is 2. The molecule has 10 heteroatoms. The van der Waals surface area contributed by atoms with E-state index < -0.39 is 6.04 Å². The van der Waals surface area contributed by atoms with Gasteiger partial charge in [-0.05, 0) is 53.4 Å². The van der Waals surface area contributed by atoms with Gasteiger partial charge in [0.1, 0.15) is 0 Å². The molecule has 7 nitrogen and oxygen atoms in total. The second-order valence-corrected chi connectivity index (χ2v) is 10.9. The fourth-order valence-electron chi connectivity index (χ4n) is 3.96. The summed E-state index contributed by atoms with van der Waals surface area (Å²) in [5.74, 6) is 0.588. The Morgan fingerprint density at radius 2 is 1.76 bits per heavy atom. The Morgan fingerprint density at radius 3 is 2.49 bits per heavy atom. The molecule has 1 aromatic heterocycles. The number of nitrogens with one attached hydrogen (secondary N) is 2. The summed E-state index contributed by atoms with van der Waals surface area (Å²) in [6.07, 6.45) is 0.649. The van der Waals surface area contributed by atoms with E-state index in [1.165, 1.54) is 17.8 Å². The Labute approximate surface area is 229 Å². The number of aromatic nitrogens is 3. The normalized spacial score (nSPS) is 12.1. The van der Waals surface area contributed by atoms with Crippen molar-refractivity contribution in [1.82, 2.24) is 20.1 Å². The van der Waals surface area contributed by atoms with Crippen LogP contribution in [0.4, 0.5) is 5.69 Å². The highest BCUT2D eigenvalue weighted by atomic mass is 35.5. The standard InChI is InChI=1S/C27H27Cl2N5O2S/c1-16(2)12-23(31-26(36)21-11-9-19(28)14-22(21)29)25-32-33-27(34(25)3)37-15-24(35)30-20-10-8-17-6-4-5-7-18(17)13-20/h4-11,13-14,16,23H,12,15H2,1-3H3,(H,30,35)(H,31,36)/t23-/m0/s1. The van der Waals surface area contributed by atoms with Gasteiger partial charge in [-0.1, -0.05) is 79.1 Å². The largest absolute Gasteiger partial charge is 0.342 e. The molecule has 0 saturated heterocycles. The minimum atomic E-state index is -0.391. The molecule has 192 valence electrons. The van der Waals surface area contributed by atoms with Gasteiger partial charge in [-0.2, -0.15) is 0 Å². The molecule has 4 aromatic rings. The highest BCUT2D eigenvalue weighted by Crippen LogP contribution is 2.26. The molecule has 2 amide bonds. The third-order valence-corrected chi connectivity index (χ3v) is 7.30. The molecule has 37 heavy (non-hydrogen) atoms. The Kier molecular flexibility index (Phi) is 8.74. The van der Waals surface area contributed by atoms with Gasteiger partial charge in [-0.3, -0.25) is 9.59 Å². The van der Waals surface area contributed by atoms with Gasteiger partial charge in [0.25, 0.3) is 5.91 Å². The molecule has 0 bridgehead atoms. The molecule has 0 fully saturated rings. The highest BCUT2D eigenvalue weighted by Gasteiger charge is 2.24. The molecule has 0 aliphatic carbocycles. The average Bonchev–Trinajstić information content (AvgIpc) is 3.22. The number of carbonyl (C=O) groups excluding carboxylic acids is 2. The number of hydrogen-bond acceptors (Lipinski definition) is 5. The highest BCUT2D eigenvalue weighted by molar-refractivity contribution is 7.99. The SMILES string of the molecule is CC(C)C[C@H](NC(=O)c1ccc(Cl)cc1Cl)c1nnc(SCC(=O)Nc2ccc3ccccc3c2)n1C. The maximum absolute atomic E-state index is 13.0. The van der Waals surface area contributed by atoms with E-state index in [4.69, 9.17) is 23.2 Å². The van der Waals surface area contributed by atoms with Crippen LogP contribution < -0.4 is 10.6 Å². The lowest BCUT2D eigenvalue weighted by molar-refractivity contribution is -0.113. The van der Waals surface area contributed by atoms with E-state index in [0.29, 0.717) is 28.0 Å². The molecule has 0 aliphatic heterocycles. The zero-order valence-corrected chi connectivity index (χ0v) is 23.0. The van der Waals surface area contributed by atoms with Gasteiger partial charge >= 0.3 is 0 Å². The van der Waals surface area contributed by atoms with Gasteiger partial charge in [0, 0.05) is 17.8 Å². The van der Waals surface area contributed by atoms with E-state index in [2.05, 4.69) is 34.7 Å². The van der Waals surface area contributed by atoms with Crippen LogP contribution in [0.25, 0.3) is 10.8 Å². The molecule has 4 rings (SSSR count). The topological polar surface area (TPSA) is 88.9 Å². The van der Waals surface area contributed by atoms with Gasteiger partial charge in [0.2, 0.25) is 5.91 Å². The monoisotopic (exact) mass is 555 g/mol. The molecule has 1 atom stereocenters. The summed E-state index contributed by atoms with van der Waals surface area (Å²) in [6.45, 7) is 4.13. The first-order valence-electron chi connectivity index (χ1n) is 11.8. The number of anilines is 1. The molecule has 0 unspecified atom stereocenters. The van der Waals surface area contributed by atoms with Crippen LogP contribution in [0.3, 0.4) is 0 Å². The van der Waals surface area contributed by atoms with Gasteiger partial charge in [0.15, 0.2) is 11.0 Å². The molecule has 0 aliphatic rings. The van der Waals surface area contributed by atoms with Crippen molar-refractivity contribution in [1.29, 1.82) is 0 Å². The lowest BCUT2D eigenvalue weighted by Gasteiger charge is -2.20. The zero-order valence-electron chi connectivity index (χ0n) is 20.7. The van der Waals surface area contributed by atoms with Gasteiger partial charge < -0.3 is 15.2 Å². The van der Waals surface area contributed by atoms with Crippen LogP contribution in [-0.2, 0) is 11.8 Å². The number of fused-ring (bicyclic) bond motifs is 1. The summed E-state index contributed by atoms with van der Waals surface area (Å²) in [4.78, 5) is 25.6. The number of rotatable bonds is 9. The molecule has 1 heterocycles. The maximum atomic E-state index is 13.0. The number of carbonyl (C=O) groups is 2. The second kappa shape index (κ2) is 12.0. The lowest BCUT2D eigenvalue weighted by Crippen LogP contribution is -2.31. The van der Waals surface area contributed by atoms with Crippen LogP contribution in [-0.4, -0.2) is 32.3 Å². The second-order valence-electron chi connectivity index (χ2n) is 9.08. The summed E-state index contributed by atoms with van der Waals surface area (Å²) >= 11 is 13.5. The van der Waals surface area contributed by atoms with E-state index in [-0.39, 0.29) is 28.5 Å². The fraction of sp³-hybridized carbons (Fsp3) is 0.259. The van der Waals surface area contributed by atoms with Crippen LogP contribution in [0, 0.1) is 5.92 Å². The van der Waals surface area contributed by atoms with Crippen LogP contribution >= 0.6 is 35.0 Å². The molecular weight excluding hydrogens is 529 g/mol. The maximum Gasteiger partial charge on any atom is 0.253 e. The van der Waals surface area contributed by atoms with Crippen LogP contribution in [0.5, 0.6) is 0 Å². The van der Waals surface area contributed by atoms with Crippen LogP contribution in [0.2, 0.25) is 10.0 Å². The predicted octanol–water partition coefficient (Wildman–Crippen LogP) is 6.52. The summed E-state index contributed by atoms with van der Waals surface area (Å²) in [7, 11) is 1.83. The molecular formula is C27H27Cl2N5O2S. The molecule has 0 radical (unpaired) electrons. The summed E-state index contributed by atoms with van der Waals surface area (Å²) in [6, 6.07) is 18.2. The number of benzene rings is 3. The van der Waals surface area contributed by atoms with Crippen LogP contribution in [0.1, 0.15) is 42.5 Å². The van der Waals surface area contributed by atoms with E-state index in [9.17, 15) is 9.59 Å². The van der Waals surface area contributed by atoms with Crippen molar-refractivity contribution in [3.05, 3.63) is 82.1 Å². The Hall–Kier alpha value is -3.07. The molecule has 3 aromatic carbocycles. The molecule has 0 spiro atoms. The average molecular weight is 557 g/mol. The van der Waals surface area contributed by atoms with Crippen molar-refractivity contribution in [2.45, 2.75) is 31.5 Å². The van der Waals surface area contributed by atoms with Crippen molar-refractivity contribution >= 4 is 63.2 Å². The summed E-state index contributed by atoms with van der Waals surface area (Å²) in [5.41, 5.74) is 1.07. The first-order chi connectivity index (χ1) is 17.7. The quantitative estimate of drug-likeness (QED) is 0.229. The van der Waals surface area contributed by atoms with E-state index in [0.717, 1.165) is 16.5 Å². The van der Waals surface area contributed by atoms with Crippen molar-refractivity contribution < 1.29 is 9.59 Å². The van der Waals surface area contributed by atoms with Crippen molar-refractivity contribution in [3.63, 3.8) is 0 Å². The smallest absolute Gasteiger partial charge is 0.253 e. The van der Waals surface area contributed by atoms with E-state index in [1.807, 2.05) is 54.1 Å². The zero-order chi connectivity index (χ0) is 26.5. The van der Waals surface area contributed by atoms with Gasteiger partial charge in [-0.15, -0.1) is 10.2 Å². The third kappa shape index (κ3) is 6.83. The fourth-order valence-corrected chi connectivity index (χ4v) is 5.17. The number of hydrogen-bond donors (Lipinski definition) is 2. The third-order valence-electron chi connectivity index (χ3n) is 5.73. The Bertz CT molecular complexity index is 1440. The van der Waals surface area contributed by atoms with E-state index >= 15 is 0 Å². The van der Waals surface area contributed by atoms with Crippen molar-refractivity contribution in [2.75, 3.05) is 11.1 Å². The van der Waals surface area contributed by atoms with Crippen molar-refractivity contribution in [2.24, 2.45) is 13.0 Å². The van der Waals surface area contributed by atoms with Gasteiger partial charge in [-0.25, -0.2) is 0 Å². The first kappa shape index (κ1) is 27.0. The minimum Gasteiger partial charge on any atom is -0.342 e. The number of thioether (sulfide) groups is 1. The van der Waals surface area contributed by atoms with Gasteiger partial charge in [0.05, 0.1) is 22.4 Å². The lowest BCUT2D eigenvalue weighted by atomic mass is 10.0. The molecule has 0 saturated carbocycles. The number of nitrogens with zero attached hydrogens (tertiary/aromatic N) is 3. The summed E-state index contributed by atoms with van der Waals surface area (Å²) in [5, 5.41) is 18.1. The summed E-state index contributed by atoms with van der Waals surface area (Å²) < 4.78 is 1.81. The Balaban J connectivity index is 1.43. The minimum absolute atomic E-state index is 0.144. The first-order valence-corrected chi connectivity index (χ1v) is 13.5. The van der Waals surface area contributed by atoms with E-state index in [1.54, 1.807) is 12.1 Å². The number of amides is 2. The van der Waals surface area contributed by atoms with Crippen LogP contribution in [0.15, 0.2) is 65.8 Å². The molecule has 2 N–H and O–H groups in total. The Morgan fingerprint density at radius 1 is 1.00 bits per heavy atom. The van der Waals surface area contributed by atoms with Crippen molar-refractivity contribution in [3.8, 4) is 0 Å².